The van der Waals surface area contributed by atoms with Crippen LogP contribution >= 0.6 is 0 Å². The molecule has 106 valence electrons. The summed E-state index contributed by atoms with van der Waals surface area (Å²) in [5.41, 5.74) is 5.97. The lowest BCUT2D eigenvalue weighted by atomic mass is 9.83. The van der Waals surface area contributed by atoms with E-state index < -0.39 is 0 Å². The number of amides is 1. The predicted octanol–water partition coefficient (Wildman–Crippen LogP) is 2.83. The smallest absolute Gasteiger partial charge is 0.220 e. The van der Waals surface area contributed by atoms with Gasteiger partial charge >= 0.3 is 0 Å². The summed E-state index contributed by atoms with van der Waals surface area (Å²) < 4.78 is 0. The van der Waals surface area contributed by atoms with E-state index in [2.05, 4.69) is 26.1 Å². The molecule has 0 aliphatic heterocycles. The Labute approximate surface area is 112 Å². The second-order valence-electron chi connectivity index (χ2n) is 6.43. The molecule has 1 aliphatic carbocycles. The number of nitrogens with one attached hydrogen (secondary N) is 1. The summed E-state index contributed by atoms with van der Waals surface area (Å²) >= 11 is 0. The Balaban J connectivity index is 2.16. The van der Waals surface area contributed by atoms with Crippen LogP contribution in [-0.2, 0) is 4.79 Å². The normalized spacial score (nSPS) is 26.1. The number of hydrogen-bond acceptors (Lipinski definition) is 2. The minimum absolute atomic E-state index is 0.210. The zero-order valence-electron chi connectivity index (χ0n) is 12.2. The van der Waals surface area contributed by atoms with Crippen LogP contribution in [0.5, 0.6) is 0 Å². The van der Waals surface area contributed by atoms with Crippen molar-refractivity contribution in [2.24, 2.45) is 17.6 Å². The average molecular weight is 254 g/mol. The Bertz CT molecular complexity index is 253. The molecule has 3 unspecified atom stereocenters. The van der Waals surface area contributed by atoms with E-state index in [9.17, 15) is 4.79 Å². The van der Waals surface area contributed by atoms with Crippen LogP contribution in [0, 0.1) is 11.8 Å². The highest BCUT2D eigenvalue weighted by Gasteiger charge is 2.20. The molecule has 3 heteroatoms. The SMILES string of the molecule is CC(C)CC(C)NC(=O)CCC1CCCC(N)C1. The first-order valence-corrected chi connectivity index (χ1v) is 7.52. The van der Waals surface area contributed by atoms with Gasteiger partial charge in [0.2, 0.25) is 5.91 Å². The molecule has 0 aromatic heterocycles. The largest absolute Gasteiger partial charge is 0.354 e. The molecule has 3 nitrogen and oxygen atoms in total. The van der Waals surface area contributed by atoms with E-state index in [0.717, 1.165) is 25.7 Å². The van der Waals surface area contributed by atoms with E-state index >= 15 is 0 Å². The number of nitrogens with two attached hydrogens (primary N) is 1. The minimum Gasteiger partial charge on any atom is -0.354 e. The lowest BCUT2D eigenvalue weighted by molar-refractivity contribution is -0.122. The summed E-state index contributed by atoms with van der Waals surface area (Å²) in [7, 11) is 0. The molecule has 3 N–H and O–H groups in total. The first-order chi connectivity index (χ1) is 8.47. The molecule has 1 saturated carbocycles. The molecule has 0 saturated heterocycles. The third-order valence-corrected chi connectivity index (χ3v) is 3.84. The van der Waals surface area contributed by atoms with Crippen LogP contribution in [0.15, 0.2) is 0 Å². The van der Waals surface area contributed by atoms with E-state index in [0.29, 0.717) is 30.3 Å². The maximum absolute atomic E-state index is 11.8. The van der Waals surface area contributed by atoms with Gasteiger partial charge in [0.15, 0.2) is 0 Å². The van der Waals surface area contributed by atoms with Crippen LogP contribution in [0.2, 0.25) is 0 Å². The maximum atomic E-state index is 11.8. The topological polar surface area (TPSA) is 55.1 Å². The highest BCUT2D eigenvalue weighted by atomic mass is 16.1. The molecular formula is C15H30N2O. The van der Waals surface area contributed by atoms with E-state index in [4.69, 9.17) is 5.73 Å². The number of rotatable bonds is 6. The van der Waals surface area contributed by atoms with Crippen molar-refractivity contribution in [3.63, 3.8) is 0 Å². The Kier molecular flexibility index (Phi) is 6.69. The van der Waals surface area contributed by atoms with Crippen LogP contribution < -0.4 is 11.1 Å². The van der Waals surface area contributed by atoms with Gasteiger partial charge in [0.25, 0.3) is 0 Å². The molecular weight excluding hydrogens is 224 g/mol. The van der Waals surface area contributed by atoms with Gasteiger partial charge in [-0.2, -0.15) is 0 Å². The first kappa shape index (κ1) is 15.5. The third kappa shape index (κ3) is 6.39. The third-order valence-electron chi connectivity index (χ3n) is 3.84. The van der Waals surface area contributed by atoms with Gasteiger partial charge < -0.3 is 11.1 Å². The van der Waals surface area contributed by atoms with Gasteiger partial charge in [-0.1, -0.05) is 26.7 Å². The van der Waals surface area contributed by atoms with Crippen molar-refractivity contribution in [2.75, 3.05) is 0 Å². The van der Waals surface area contributed by atoms with E-state index in [1.54, 1.807) is 0 Å². The van der Waals surface area contributed by atoms with Crippen LogP contribution in [0.1, 0.15) is 65.7 Å². The van der Waals surface area contributed by atoms with Crippen molar-refractivity contribution in [3.05, 3.63) is 0 Å². The summed E-state index contributed by atoms with van der Waals surface area (Å²) in [6.45, 7) is 6.46. The van der Waals surface area contributed by atoms with Gasteiger partial charge in [-0.3, -0.25) is 4.79 Å². The molecule has 1 rings (SSSR count). The lowest BCUT2D eigenvalue weighted by Crippen LogP contribution is -2.34. The molecule has 0 heterocycles. The van der Waals surface area contributed by atoms with E-state index in [1.165, 1.54) is 12.8 Å². The fourth-order valence-corrected chi connectivity index (χ4v) is 3.04. The standard InChI is InChI=1S/C15H30N2O/c1-11(2)9-12(3)17-15(18)8-7-13-5-4-6-14(16)10-13/h11-14H,4-10,16H2,1-3H3,(H,17,18). The zero-order chi connectivity index (χ0) is 13.5. The Morgan fingerprint density at radius 3 is 2.67 bits per heavy atom. The van der Waals surface area contributed by atoms with E-state index in [1.807, 2.05) is 0 Å². The Hall–Kier alpha value is -0.570. The molecule has 1 amide bonds. The monoisotopic (exact) mass is 254 g/mol. The quantitative estimate of drug-likeness (QED) is 0.766. The van der Waals surface area contributed by atoms with Crippen molar-refractivity contribution < 1.29 is 4.79 Å². The molecule has 0 radical (unpaired) electrons. The lowest BCUT2D eigenvalue weighted by Gasteiger charge is -2.26. The van der Waals surface area contributed by atoms with Gasteiger partial charge in [0.05, 0.1) is 0 Å². The van der Waals surface area contributed by atoms with Crippen molar-refractivity contribution in [3.8, 4) is 0 Å². The van der Waals surface area contributed by atoms with Gasteiger partial charge in [0.1, 0.15) is 0 Å². The van der Waals surface area contributed by atoms with Crippen molar-refractivity contribution in [2.45, 2.75) is 77.8 Å². The van der Waals surface area contributed by atoms with Gasteiger partial charge in [0, 0.05) is 18.5 Å². The van der Waals surface area contributed by atoms with Crippen molar-refractivity contribution in [1.82, 2.24) is 5.32 Å². The molecule has 0 bridgehead atoms. The van der Waals surface area contributed by atoms with E-state index in [-0.39, 0.29) is 5.91 Å². The fraction of sp³-hybridized carbons (Fsp3) is 0.933. The second kappa shape index (κ2) is 7.78. The van der Waals surface area contributed by atoms with Gasteiger partial charge in [-0.25, -0.2) is 0 Å². The number of hydrogen-bond donors (Lipinski definition) is 2. The maximum Gasteiger partial charge on any atom is 0.220 e. The average Bonchev–Trinajstić information content (AvgIpc) is 2.25. The van der Waals surface area contributed by atoms with Crippen LogP contribution in [0.4, 0.5) is 0 Å². The van der Waals surface area contributed by atoms with Crippen LogP contribution in [0.3, 0.4) is 0 Å². The summed E-state index contributed by atoms with van der Waals surface area (Å²) in [5.74, 6) is 1.51. The second-order valence-corrected chi connectivity index (χ2v) is 6.43. The Morgan fingerprint density at radius 2 is 2.06 bits per heavy atom. The highest BCUT2D eigenvalue weighted by Crippen LogP contribution is 2.26. The fourth-order valence-electron chi connectivity index (χ4n) is 3.04. The summed E-state index contributed by atoms with van der Waals surface area (Å²) in [6, 6.07) is 0.665. The summed E-state index contributed by atoms with van der Waals surface area (Å²) in [6.07, 6.45) is 7.48. The molecule has 1 fully saturated rings. The number of carbonyl (C=O) groups excluding carboxylic acids is 1. The van der Waals surface area contributed by atoms with Crippen molar-refractivity contribution in [1.29, 1.82) is 0 Å². The molecule has 1 aliphatic rings. The molecule has 0 aromatic carbocycles. The van der Waals surface area contributed by atoms with Gasteiger partial charge in [-0.05, 0) is 44.4 Å². The highest BCUT2D eigenvalue weighted by molar-refractivity contribution is 5.76. The van der Waals surface area contributed by atoms with Crippen LogP contribution in [-0.4, -0.2) is 18.0 Å². The summed E-state index contributed by atoms with van der Waals surface area (Å²) in [4.78, 5) is 11.8. The minimum atomic E-state index is 0.210. The molecule has 3 atom stereocenters. The van der Waals surface area contributed by atoms with Gasteiger partial charge in [-0.15, -0.1) is 0 Å². The molecule has 0 spiro atoms. The first-order valence-electron chi connectivity index (χ1n) is 7.52. The molecule has 18 heavy (non-hydrogen) atoms. The van der Waals surface area contributed by atoms with Crippen LogP contribution in [0.25, 0.3) is 0 Å². The zero-order valence-corrected chi connectivity index (χ0v) is 12.2. The molecule has 0 aromatic rings. The summed E-state index contributed by atoms with van der Waals surface area (Å²) in [5, 5.41) is 3.09. The number of carbonyl (C=O) groups is 1. The Morgan fingerprint density at radius 1 is 1.33 bits per heavy atom. The predicted molar refractivity (Wildman–Crippen MR) is 76.2 cm³/mol. The van der Waals surface area contributed by atoms with Crippen molar-refractivity contribution >= 4 is 5.91 Å².